The van der Waals surface area contributed by atoms with Gasteiger partial charge in [0.2, 0.25) is 5.91 Å². The molecule has 1 aromatic heterocycles. The fourth-order valence-corrected chi connectivity index (χ4v) is 1.96. The highest BCUT2D eigenvalue weighted by Crippen LogP contribution is 2.16. The minimum absolute atomic E-state index is 0.0144. The molecule has 0 aliphatic heterocycles. The number of amides is 1. The maximum Gasteiger partial charge on any atom is 0.224 e. The molecule has 1 N–H and O–H groups in total. The summed E-state index contributed by atoms with van der Waals surface area (Å²) in [6.07, 6.45) is 2.82. The van der Waals surface area contributed by atoms with Crippen molar-refractivity contribution in [1.29, 1.82) is 0 Å². The molecule has 2 aromatic rings. The Morgan fingerprint density at radius 2 is 2.00 bits per heavy atom. The Labute approximate surface area is 125 Å². The topological polar surface area (TPSA) is 51.2 Å². The lowest BCUT2D eigenvalue weighted by Gasteiger charge is -2.09. The Kier molecular flexibility index (Phi) is 5.32. The summed E-state index contributed by atoms with van der Waals surface area (Å²) >= 11 is 0. The maximum absolute atomic E-state index is 11.8. The van der Waals surface area contributed by atoms with Crippen LogP contribution in [0, 0.1) is 13.8 Å². The van der Waals surface area contributed by atoms with E-state index in [1.54, 1.807) is 6.20 Å². The summed E-state index contributed by atoms with van der Waals surface area (Å²) in [6, 6.07) is 11.5. The van der Waals surface area contributed by atoms with Crippen LogP contribution in [0.4, 0.5) is 5.69 Å². The van der Waals surface area contributed by atoms with Crippen LogP contribution in [0.5, 0.6) is 5.75 Å². The first kappa shape index (κ1) is 15.0. The smallest absolute Gasteiger partial charge is 0.224 e. The molecule has 110 valence electrons. The quantitative estimate of drug-likeness (QED) is 0.826. The third kappa shape index (κ3) is 4.60. The van der Waals surface area contributed by atoms with E-state index in [-0.39, 0.29) is 5.91 Å². The number of anilines is 1. The van der Waals surface area contributed by atoms with Crippen molar-refractivity contribution < 1.29 is 9.53 Å². The van der Waals surface area contributed by atoms with Crippen LogP contribution in [0.25, 0.3) is 0 Å². The van der Waals surface area contributed by atoms with Crippen molar-refractivity contribution in [2.45, 2.75) is 26.7 Å². The van der Waals surface area contributed by atoms with Crippen molar-refractivity contribution in [2.75, 3.05) is 11.9 Å². The van der Waals surface area contributed by atoms with E-state index >= 15 is 0 Å². The number of benzene rings is 1. The SMILES string of the molecule is Cc1ccccc1OCCCC(=O)Nc1cccnc1C. The monoisotopic (exact) mass is 284 g/mol. The highest BCUT2D eigenvalue weighted by Gasteiger charge is 2.05. The molecular formula is C17H20N2O2. The number of ether oxygens (including phenoxy) is 1. The van der Waals surface area contributed by atoms with E-state index < -0.39 is 0 Å². The lowest BCUT2D eigenvalue weighted by atomic mass is 10.2. The van der Waals surface area contributed by atoms with Crippen LogP contribution in [0.2, 0.25) is 0 Å². The Balaban J connectivity index is 1.73. The lowest BCUT2D eigenvalue weighted by molar-refractivity contribution is -0.116. The Hall–Kier alpha value is -2.36. The summed E-state index contributed by atoms with van der Waals surface area (Å²) in [4.78, 5) is 16.0. The molecule has 0 saturated carbocycles. The fraction of sp³-hybridized carbons (Fsp3) is 0.294. The van der Waals surface area contributed by atoms with Crippen LogP contribution < -0.4 is 10.1 Å². The average Bonchev–Trinajstić information content (AvgIpc) is 2.48. The minimum atomic E-state index is -0.0144. The molecule has 21 heavy (non-hydrogen) atoms. The Bertz CT molecular complexity index is 611. The number of nitrogens with zero attached hydrogens (tertiary/aromatic N) is 1. The van der Waals surface area contributed by atoms with E-state index in [9.17, 15) is 4.79 Å². The van der Waals surface area contributed by atoms with Crippen molar-refractivity contribution in [3.05, 3.63) is 53.9 Å². The predicted molar refractivity (Wildman–Crippen MR) is 83.5 cm³/mol. The molecule has 0 spiro atoms. The second-order valence-corrected chi connectivity index (χ2v) is 4.90. The van der Waals surface area contributed by atoms with Gasteiger partial charge in [-0.15, -0.1) is 0 Å². The van der Waals surface area contributed by atoms with Crippen molar-refractivity contribution in [3.63, 3.8) is 0 Å². The number of para-hydroxylation sites is 1. The van der Waals surface area contributed by atoms with Crippen molar-refractivity contribution >= 4 is 11.6 Å². The average molecular weight is 284 g/mol. The van der Waals surface area contributed by atoms with E-state index in [4.69, 9.17) is 4.74 Å². The van der Waals surface area contributed by atoms with Gasteiger partial charge in [0.25, 0.3) is 0 Å². The normalized spacial score (nSPS) is 10.2. The molecule has 0 atom stereocenters. The van der Waals surface area contributed by atoms with Crippen molar-refractivity contribution in [1.82, 2.24) is 4.98 Å². The van der Waals surface area contributed by atoms with Gasteiger partial charge in [0.15, 0.2) is 0 Å². The molecule has 1 amide bonds. The summed E-state index contributed by atoms with van der Waals surface area (Å²) in [7, 11) is 0. The lowest BCUT2D eigenvalue weighted by Crippen LogP contribution is -2.14. The minimum Gasteiger partial charge on any atom is -0.493 e. The van der Waals surface area contributed by atoms with Gasteiger partial charge >= 0.3 is 0 Å². The molecule has 0 aliphatic rings. The van der Waals surface area contributed by atoms with Gasteiger partial charge in [0.1, 0.15) is 5.75 Å². The molecule has 4 nitrogen and oxygen atoms in total. The van der Waals surface area contributed by atoms with Crippen molar-refractivity contribution in [2.24, 2.45) is 0 Å². The maximum atomic E-state index is 11.8. The molecule has 0 unspecified atom stereocenters. The Morgan fingerprint density at radius 1 is 1.19 bits per heavy atom. The molecule has 0 fully saturated rings. The molecule has 1 heterocycles. The van der Waals surface area contributed by atoms with Crippen LogP contribution in [-0.4, -0.2) is 17.5 Å². The van der Waals surface area contributed by atoms with E-state index in [0.717, 1.165) is 22.7 Å². The molecule has 0 radical (unpaired) electrons. The summed E-state index contributed by atoms with van der Waals surface area (Å²) < 4.78 is 5.67. The van der Waals surface area contributed by atoms with E-state index in [2.05, 4.69) is 10.3 Å². The number of rotatable bonds is 6. The number of carbonyl (C=O) groups is 1. The third-order valence-corrected chi connectivity index (χ3v) is 3.18. The van der Waals surface area contributed by atoms with Gasteiger partial charge in [-0.05, 0) is 44.0 Å². The first-order valence-corrected chi connectivity index (χ1v) is 7.06. The fourth-order valence-electron chi connectivity index (χ4n) is 1.96. The first-order chi connectivity index (χ1) is 10.2. The van der Waals surface area contributed by atoms with Crippen LogP contribution in [0.1, 0.15) is 24.1 Å². The van der Waals surface area contributed by atoms with Gasteiger partial charge in [-0.2, -0.15) is 0 Å². The number of hydrogen-bond acceptors (Lipinski definition) is 3. The van der Waals surface area contributed by atoms with Gasteiger partial charge in [-0.25, -0.2) is 0 Å². The molecule has 1 aromatic carbocycles. The van der Waals surface area contributed by atoms with Gasteiger partial charge < -0.3 is 10.1 Å². The second-order valence-electron chi connectivity index (χ2n) is 4.90. The first-order valence-electron chi connectivity index (χ1n) is 7.06. The zero-order valence-corrected chi connectivity index (χ0v) is 12.4. The van der Waals surface area contributed by atoms with Crippen LogP contribution in [-0.2, 0) is 4.79 Å². The Morgan fingerprint density at radius 3 is 2.76 bits per heavy atom. The molecule has 0 saturated heterocycles. The van der Waals surface area contributed by atoms with Gasteiger partial charge in [-0.3, -0.25) is 9.78 Å². The highest BCUT2D eigenvalue weighted by molar-refractivity contribution is 5.91. The van der Waals surface area contributed by atoms with Gasteiger partial charge in [0, 0.05) is 12.6 Å². The number of aromatic nitrogens is 1. The van der Waals surface area contributed by atoms with E-state index in [0.29, 0.717) is 19.4 Å². The zero-order chi connectivity index (χ0) is 15.1. The highest BCUT2D eigenvalue weighted by atomic mass is 16.5. The zero-order valence-electron chi connectivity index (χ0n) is 12.4. The van der Waals surface area contributed by atoms with Crippen LogP contribution >= 0.6 is 0 Å². The van der Waals surface area contributed by atoms with Gasteiger partial charge in [-0.1, -0.05) is 18.2 Å². The second kappa shape index (κ2) is 7.43. The summed E-state index contributed by atoms with van der Waals surface area (Å²) in [6.45, 7) is 4.41. The molecule has 2 rings (SSSR count). The van der Waals surface area contributed by atoms with Crippen LogP contribution in [0.15, 0.2) is 42.6 Å². The third-order valence-electron chi connectivity index (χ3n) is 3.18. The molecule has 4 heteroatoms. The number of pyridine rings is 1. The van der Waals surface area contributed by atoms with E-state index in [1.165, 1.54) is 0 Å². The predicted octanol–water partition coefficient (Wildman–Crippen LogP) is 3.50. The molecule has 0 bridgehead atoms. The van der Waals surface area contributed by atoms with Crippen LogP contribution in [0.3, 0.4) is 0 Å². The number of carbonyl (C=O) groups excluding carboxylic acids is 1. The van der Waals surface area contributed by atoms with Gasteiger partial charge in [0.05, 0.1) is 18.0 Å². The number of nitrogens with one attached hydrogen (secondary N) is 1. The summed E-state index contributed by atoms with van der Waals surface area (Å²) in [5.74, 6) is 0.862. The van der Waals surface area contributed by atoms with Crippen molar-refractivity contribution in [3.8, 4) is 5.75 Å². The number of hydrogen-bond donors (Lipinski definition) is 1. The largest absolute Gasteiger partial charge is 0.493 e. The number of aryl methyl sites for hydroxylation is 2. The summed E-state index contributed by atoms with van der Waals surface area (Å²) in [5, 5.41) is 2.86. The molecule has 0 aliphatic carbocycles. The summed E-state index contributed by atoms with van der Waals surface area (Å²) in [5.41, 5.74) is 2.69. The molecular weight excluding hydrogens is 264 g/mol. The standard InChI is InChI=1S/C17H20N2O2/c1-13-7-3-4-9-16(13)21-12-6-10-17(20)19-15-8-5-11-18-14(15)2/h3-5,7-9,11H,6,10,12H2,1-2H3,(H,19,20). The van der Waals surface area contributed by atoms with E-state index in [1.807, 2.05) is 50.2 Å².